The van der Waals surface area contributed by atoms with E-state index in [9.17, 15) is 4.79 Å². The van der Waals surface area contributed by atoms with Gasteiger partial charge in [0.15, 0.2) is 0 Å². The van der Waals surface area contributed by atoms with Crippen LogP contribution >= 0.6 is 0 Å². The van der Waals surface area contributed by atoms with Crippen LogP contribution in [0.3, 0.4) is 0 Å². The molecule has 0 radical (unpaired) electrons. The summed E-state index contributed by atoms with van der Waals surface area (Å²) in [6.07, 6.45) is 4.97. The minimum atomic E-state index is 0.00537. The third kappa shape index (κ3) is 3.25. The average molecular weight is 275 g/mol. The number of hydrogen-bond donors (Lipinski definition) is 2. The van der Waals surface area contributed by atoms with E-state index in [2.05, 4.69) is 15.4 Å². The summed E-state index contributed by atoms with van der Waals surface area (Å²) < 4.78 is 0. The number of nitrogens with two attached hydrogens (primary N) is 1. The molecule has 0 aliphatic heterocycles. The second kappa shape index (κ2) is 5.36. The number of nitrogens with one attached hydrogen (secondary N) is 1. The number of nitrogen functional groups attached to an aromatic ring is 1. The van der Waals surface area contributed by atoms with Crippen LogP contribution in [0.15, 0.2) is 6.07 Å². The minimum absolute atomic E-state index is 0.00537. The predicted molar refractivity (Wildman–Crippen MR) is 75.9 cm³/mol. The molecule has 1 heterocycles. The molecule has 3 N–H and O–H groups in total. The molecule has 1 amide bonds. The fourth-order valence-corrected chi connectivity index (χ4v) is 2.37. The molecule has 2 aliphatic carbocycles. The zero-order chi connectivity index (χ0) is 14.1. The Morgan fingerprint density at radius 2 is 1.90 bits per heavy atom. The number of rotatable bonds is 6. The Labute approximate surface area is 118 Å². The first-order valence-electron chi connectivity index (χ1n) is 7.27. The second-order valence-electron chi connectivity index (χ2n) is 5.96. The molecule has 1 aromatic heterocycles. The maximum Gasteiger partial charge on any atom is 0.272 e. The van der Waals surface area contributed by atoms with Gasteiger partial charge in [-0.05, 0) is 50.5 Å². The maximum absolute atomic E-state index is 12.7. The van der Waals surface area contributed by atoms with Crippen LogP contribution in [0.4, 0.5) is 5.95 Å². The van der Waals surface area contributed by atoms with E-state index in [1.165, 1.54) is 25.7 Å². The fourth-order valence-electron chi connectivity index (χ4n) is 2.37. The summed E-state index contributed by atoms with van der Waals surface area (Å²) in [5, 5.41) is 0. The molecule has 2 aliphatic rings. The smallest absolute Gasteiger partial charge is 0.272 e. The van der Waals surface area contributed by atoms with E-state index in [1.807, 2.05) is 11.8 Å². The van der Waals surface area contributed by atoms with Gasteiger partial charge in [0, 0.05) is 18.8 Å². The Morgan fingerprint density at radius 3 is 2.40 bits per heavy atom. The van der Waals surface area contributed by atoms with Crippen LogP contribution in [0, 0.1) is 18.8 Å². The quantitative estimate of drug-likeness (QED) is 0.604. The number of aromatic nitrogens is 2. The van der Waals surface area contributed by atoms with Crippen LogP contribution in [0.25, 0.3) is 0 Å². The summed E-state index contributed by atoms with van der Waals surface area (Å²) in [6, 6.07) is 1.73. The van der Waals surface area contributed by atoms with Crippen molar-refractivity contribution in [1.82, 2.24) is 14.9 Å². The molecule has 108 valence electrons. The van der Waals surface area contributed by atoms with Crippen LogP contribution in [0.2, 0.25) is 0 Å². The second-order valence-corrected chi connectivity index (χ2v) is 5.96. The Bertz CT molecular complexity index is 496. The van der Waals surface area contributed by atoms with Gasteiger partial charge < -0.3 is 4.90 Å². The molecule has 6 heteroatoms. The highest BCUT2D eigenvalue weighted by atomic mass is 16.2. The van der Waals surface area contributed by atoms with Gasteiger partial charge in [-0.2, -0.15) is 0 Å². The number of anilines is 1. The minimum Gasteiger partial charge on any atom is -0.337 e. The number of amides is 1. The molecule has 0 aromatic carbocycles. The number of carbonyl (C=O) groups excluding carboxylic acids is 1. The van der Waals surface area contributed by atoms with Gasteiger partial charge in [0.25, 0.3) is 5.91 Å². The van der Waals surface area contributed by atoms with Gasteiger partial charge in [-0.1, -0.05) is 0 Å². The lowest BCUT2D eigenvalue weighted by Gasteiger charge is -2.22. The lowest BCUT2D eigenvalue weighted by Crippen LogP contribution is -2.35. The first kappa shape index (κ1) is 13.3. The number of carbonyl (C=O) groups is 1. The molecular weight excluding hydrogens is 254 g/mol. The third-order valence-corrected chi connectivity index (χ3v) is 3.84. The van der Waals surface area contributed by atoms with E-state index < -0.39 is 0 Å². The molecular formula is C14H21N5O. The fraction of sp³-hybridized carbons (Fsp3) is 0.643. The highest BCUT2D eigenvalue weighted by Crippen LogP contribution is 2.34. The van der Waals surface area contributed by atoms with Crippen molar-refractivity contribution in [3.8, 4) is 0 Å². The molecule has 0 unspecified atom stereocenters. The monoisotopic (exact) mass is 275 g/mol. The Balaban J connectivity index is 1.77. The van der Waals surface area contributed by atoms with Crippen molar-refractivity contribution in [2.75, 3.05) is 18.5 Å². The van der Waals surface area contributed by atoms with Crippen LogP contribution in [0.1, 0.15) is 41.9 Å². The van der Waals surface area contributed by atoms with Crippen molar-refractivity contribution >= 4 is 11.9 Å². The summed E-state index contributed by atoms with van der Waals surface area (Å²) in [7, 11) is 0. The van der Waals surface area contributed by atoms with Crippen LogP contribution < -0.4 is 11.3 Å². The van der Waals surface area contributed by atoms with Gasteiger partial charge in [-0.15, -0.1) is 0 Å². The molecule has 6 nitrogen and oxygen atoms in total. The van der Waals surface area contributed by atoms with E-state index in [4.69, 9.17) is 5.84 Å². The molecule has 0 bridgehead atoms. The highest BCUT2D eigenvalue weighted by molar-refractivity contribution is 5.92. The predicted octanol–water partition coefficient (Wildman–Crippen LogP) is 1.33. The van der Waals surface area contributed by atoms with Gasteiger partial charge in [-0.25, -0.2) is 15.8 Å². The van der Waals surface area contributed by atoms with Crippen molar-refractivity contribution in [2.24, 2.45) is 17.7 Å². The van der Waals surface area contributed by atoms with E-state index in [-0.39, 0.29) is 5.91 Å². The lowest BCUT2D eigenvalue weighted by atomic mass is 10.2. The largest absolute Gasteiger partial charge is 0.337 e. The van der Waals surface area contributed by atoms with Gasteiger partial charge in [0.2, 0.25) is 5.95 Å². The van der Waals surface area contributed by atoms with Gasteiger partial charge >= 0.3 is 0 Å². The molecule has 0 atom stereocenters. The number of hydrogen-bond acceptors (Lipinski definition) is 5. The third-order valence-electron chi connectivity index (χ3n) is 3.84. The Kier molecular flexibility index (Phi) is 3.56. The zero-order valence-corrected chi connectivity index (χ0v) is 11.8. The number of nitrogens with zero attached hydrogens (tertiary/aromatic N) is 3. The van der Waals surface area contributed by atoms with Crippen molar-refractivity contribution in [1.29, 1.82) is 0 Å². The molecule has 0 spiro atoms. The van der Waals surface area contributed by atoms with E-state index in [1.54, 1.807) is 6.07 Å². The SMILES string of the molecule is Cc1cc(C(=O)N(CC2CC2)CC2CC2)nc(NN)n1. The number of aryl methyl sites for hydroxylation is 1. The molecule has 2 fully saturated rings. The van der Waals surface area contributed by atoms with Crippen molar-refractivity contribution in [2.45, 2.75) is 32.6 Å². The van der Waals surface area contributed by atoms with Crippen LogP contribution in [0.5, 0.6) is 0 Å². The summed E-state index contributed by atoms with van der Waals surface area (Å²) in [5.41, 5.74) is 3.60. The molecule has 1 aromatic rings. The van der Waals surface area contributed by atoms with Crippen molar-refractivity contribution < 1.29 is 4.79 Å². The Morgan fingerprint density at radius 1 is 1.30 bits per heavy atom. The zero-order valence-electron chi connectivity index (χ0n) is 11.8. The average Bonchev–Trinajstić information content (AvgIpc) is 3.31. The van der Waals surface area contributed by atoms with Gasteiger partial charge in [0.05, 0.1) is 0 Å². The van der Waals surface area contributed by atoms with Gasteiger partial charge in [0.1, 0.15) is 5.69 Å². The molecule has 0 saturated heterocycles. The standard InChI is InChI=1S/C14H21N5O/c1-9-6-12(17-14(16-9)18-15)13(20)19(7-10-2-3-10)8-11-4-5-11/h6,10-11H,2-5,7-8,15H2,1H3,(H,16,17,18). The Hall–Kier alpha value is -1.69. The summed E-state index contributed by atoms with van der Waals surface area (Å²) in [4.78, 5) is 22.9. The maximum atomic E-state index is 12.7. The van der Waals surface area contributed by atoms with Crippen LogP contribution in [-0.2, 0) is 0 Å². The molecule has 3 rings (SSSR count). The van der Waals surface area contributed by atoms with Gasteiger partial charge in [-0.3, -0.25) is 10.2 Å². The first-order chi connectivity index (χ1) is 9.65. The van der Waals surface area contributed by atoms with Crippen molar-refractivity contribution in [3.63, 3.8) is 0 Å². The summed E-state index contributed by atoms with van der Waals surface area (Å²) in [6.45, 7) is 3.57. The highest BCUT2D eigenvalue weighted by Gasteiger charge is 2.32. The topological polar surface area (TPSA) is 84.1 Å². The van der Waals surface area contributed by atoms with E-state index in [0.29, 0.717) is 23.5 Å². The summed E-state index contributed by atoms with van der Waals surface area (Å²) in [5.74, 6) is 7.02. The lowest BCUT2D eigenvalue weighted by molar-refractivity contribution is 0.0733. The first-order valence-corrected chi connectivity index (χ1v) is 7.27. The molecule has 20 heavy (non-hydrogen) atoms. The molecule has 2 saturated carbocycles. The van der Waals surface area contributed by atoms with E-state index in [0.717, 1.165) is 18.8 Å². The number of hydrazine groups is 1. The summed E-state index contributed by atoms with van der Waals surface area (Å²) >= 11 is 0. The van der Waals surface area contributed by atoms with Crippen LogP contribution in [-0.4, -0.2) is 33.9 Å². The normalized spacial score (nSPS) is 17.9. The van der Waals surface area contributed by atoms with E-state index >= 15 is 0 Å². The van der Waals surface area contributed by atoms with Crippen molar-refractivity contribution in [3.05, 3.63) is 17.5 Å².